The molecule has 0 saturated carbocycles. The van der Waals surface area contributed by atoms with Gasteiger partial charge in [0.1, 0.15) is 5.03 Å². The highest BCUT2D eigenvalue weighted by molar-refractivity contribution is 9.10. The van der Waals surface area contributed by atoms with E-state index in [9.17, 15) is 0 Å². The van der Waals surface area contributed by atoms with Crippen LogP contribution in [0.25, 0.3) is 0 Å². The van der Waals surface area contributed by atoms with Crippen molar-refractivity contribution in [3.63, 3.8) is 0 Å². The van der Waals surface area contributed by atoms with Crippen LogP contribution in [0.2, 0.25) is 0 Å². The van der Waals surface area contributed by atoms with Crippen LogP contribution in [0.1, 0.15) is 5.69 Å². The summed E-state index contributed by atoms with van der Waals surface area (Å²) in [5, 5.41) is 0.864. The Hall–Kier alpha value is -1.11. The van der Waals surface area contributed by atoms with E-state index in [2.05, 4.69) is 31.3 Å². The average Bonchev–Trinajstić information content (AvgIpc) is 2.28. The van der Waals surface area contributed by atoms with Gasteiger partial charge in [0, 0.05) is 15.1 Å². The zero-order chi connectivity index (χ0) is 12.3. The number of nitrogens with two attached hydrogens (primary N) is 1. The molecule has 2 aromatic rings. The zero-order valence-corrected chi connectivity index (χ0v) is 11.5. The highest BCUT2D eigenvalue weighted by Crippen LogP contribution is 2.28. The second kappa shape index (κ2) is 5.48. The van der Waals surface area contributed by atoms with Crippen molar-refractivity contribution in [2.45, 2.75) is 16.8 Å². The first-order valence-electron chi connectivity index (χ1n) is 4.93. The number of hydrazine groups is 1. The van der Waals surface area contributed by atoms with E-state index < -0.39 is 0 Å². The van der Waals surface area contributed by atoms with Crippen LogP contribution in [-0.4, -0.2) is 9.97 Å². The minimum absolute atomic E-state index is 0.433. The molecule has 1 aromatic heterocycles. The van der Waals surface area contributed by atoms with Gasteiger partial charge < -0.3 is 0 Å². The number of nitrogen functional groups attached to an aromatic ring is 1. The standard InChI is InChI=1S/C11H11BrN4S/c1-7-5-10(15-11(14-7)16-13)17-9-4-2-3-8(12)6-9/h2-6H,13H2,1H3,(H,14,15,16). The lowest BCUT2D eigenvalue weighted by molar-refractivity contribution is 0.994. The summed E-state index contributed by atoms with van der Waals surface area (Å²) in [6.07, 6.45) is 0. The van der Waals surface area contributed by atoms with Gasteiger partial charge in [0.25, 0.3) is 0 Å². The number of benzene rings is 1. The molecule has 0 bridgehead atoms. The van der Waals surface area contributed by atoms with Crippen LogP contribution in [-0.2, 0) is 0 Å². The van der Waals surface area contributed by atoms with Gasteiger partial charge in [-0.1, -0.05) is 33.8 Å². The van der Waals surface area contributed by atoms with Gasteiger partial charge in [-0.3, -0.25) is 5.43 Å². The number of nitrogens with zero attached hydrogens (tertiary/aromatic N) is 2. The van der Waals surface area contributed by atoms with Crippen molar-refractivity contribution in [2.75, 3.05) is 5.43 Å². The Bertz CT molecular complexity index is 533. The van der Waals surface area contributed by atoms with Crippen LogP contribution < -0.4 is 11.3 Å². The highest BCUT2D eigenvalue weighted by atomic mass is 79.9. The molecule has 0 atom stereocenters. The zero-order valence-electron chi connectivity index (χ0n) is 9.14. The number of anilines is 1. The Kier molecular flexibility index (Phi) is 3.98. The van der Waals surface area contributed by atoms with Crippen molar-refractivity contribution in [3.8, 4) is 0 Å². The van der Waals surface area contributed by atoms with E-state index in [0.717, 1.165) is 20.1 Å². The van der Waals surface area contributed by atoms with E-state index in [-0.39, 0.29) is 0 Å². The fourth-order valence-corrected chi connectivity index (χ4v) is 2.79. The largest absolute Gasteiger partial charge is 0.292 e. The van der Waals surface area contributed by atoms with Crippen molar-refractivity contribution >= 4 is 33.6 Å². The van der Waals surface area contributed by atoms with Gasteiger partial charge in [-0.15, -0.1) is 0 Å². The molecule has 88 valence electrons. The van der Waals surface area contributed by atoms with E-state index in [1.165, 1.54) is 0 Å². The summed E-state index contributed by atoms with van der Waals surface area (Å²) in [5.41, 5.74) is 3.34. The van der Waals surface area contributed by atoms with Crippen LogP contribution in [0.3, 0.4) is 0 Å². The molecule has 0 fully saturated rings. The summed E-state index contributed by atoms with van der Waals surface area (Å²) >= 11 is 5.01. The van der Waals surface area contributed by atoms with E-state index in [0.29, 0.717) is 5.95 Å². The molecule has 0 aliphatic heterocycles. The van der Waals surface area contributed by atoms with Gasteiger partial charge >= 0.3 is 0 Å². The Morgan fingerprint density at radius 1 is 1.29 bits per heavy atom. The molecule has 0 amide bonds. The lowest BCUT2D eigenvalue weighted by atomic mass is 10.4. The van der Waals surface area contributed by atoms with Crippen molar-refractivity contribution in [1.29, 1.82) is 0 Å². The van der Waals surface area contributed by atoms with E-state index in [1.54, 1.807) is 11.8 Å². The van der Waals surface area contributed by atoms with Crippen LogP contribution >= 0.6 is 27.7 Å². The molecule has 3 N–H and O–H groups in total. The summed E-state index contributed by atoms with van der Waals surface area (Å²) in [7, 11) is 0. The first-order valence-corrected chi connectivity index (χ1v) is 6.54. The Balaban J connectivity index is 2.26. The molecule has 1 aromatic carbocycles. The predicted molar refractivity (Wildman–Crippen MR) is 72.8 cm³/mol. The Labute approximate surface area is 112 Å². The molecule has 6 heteroatoms. The number of aryl methyl sites for hydroxylation is 1. The van der Waals surface area contributed by atoms with Gasteiger partial charge in [0.15, 0.2) is 0 Å². The highest BCUT2D eigenvalue weighted by Gasteiger charge is 2.03. The van der Waals surface area contributed by atoms with Crippen LogP contribution in [0.5, 0.6) is 0 Å². The fraction of sp³-hybridized carbons (Fsp3) is 0.0909. The predicted octanol–water partition coefficient (Wildman–Crippen LogP) is 2.98. The summed E-state index contributed by atoms with van der Waals surface area (Å²) in [6, 6.07) is 9.97. The maximum Gasteiger partial charge on any atom is 0.238 e. The molecular weight excluding hydrogens is 300 g/mol. The maximum absolute atomic E-state index is 5.31. The molecule has 1 heterocycles. The summed E-state index contributed by atoms with van der Waals surface area (Å²) in [5.74, 6) is 5.75. The molecule has 17 heavy (non-hydrogen) atoms. The van der Waals surface area contributed by atoms with Crippen LogP contribution in [0, 0.1) is 6.92 Å². The molecule has 0 aliphatic rings. The van der Waals surface area contributed by atoms with Crippen molar-refractivity contribution in [2.24, 2.45) is 5.84 Å². The summed E-state index contributed by atoms with van der Waals surface area (Å²) in [6.45, 7) is 1.91. The molecular formula is C11H11BrN4S. The van der Waals surface area contributed by atoms with Crippen molar-refractivity contribution in [1.82, 2.24) is 9.97 Å². The Morgan fingerprint density at radius 3 is 2.82 bits per heavy atom. The monoisotopic (exact) mass is 310 g/mol. The second-order valence-corrected chi connectivity index (χ2v) is 5.38. The number of halogens is 1. The van der Waals surface area contributed by atoms with Crippen LogP contribution in [0.15, 0.2) is 44.7 Å². The molecule has 0 unspecified atom stereocenters. The first kappa shape index (κ1) is 12.3. The lowest BCUT2D eigenvalue weighted by Gasteiger charge is -2.05. The quantitative estimate of drug-likeness (QED) is 0.518. The third kappa shape index (κ3) is 3.42. The minimum Gasteiger partial charge on any atom is -0.292 e. The number of hydrogen-bond donors (Lipinski definition) is 2. The van der Waals surface area contributed by atoms with Gasteiger partial charge in [-0.05, 0) is 31.2 Å². The second-order valence-electron chi connectivity index (χ2n) is 3.37. The molecule has 4 nitrogen and oxygen atoms in total. The van der Waals surface area contributed by atoms with Gasteiger partial charge in [-0.25, -0.2) is 15.8 Å². The Morgan fingerprint density at radius 2 is 2.12 bits per heavy atom. The third-order valence-corrected chi connectivity index (χ3v) is 3.38. The molecule has 0 radical (unpaired) electrons. The molecule has 0 aliphatic carbocycles. The third-order valence-electron chi connectivity index (χ3n) is 1.98. The fourth-order valence-electron chi connectivity index (χ4n) is 1.31. The summed E-state index contributed by atoms with van der Waals surface area (Å²) < 4.78 is 1.05. The van der Waals surface area contributed by atoms with Crippen molar-refractivity contribution in [3.05, 3.63) is 40.5 Å². The van der Waals surface area contributed by atoms with E-state index in [1.807, 2.05) is 37.3 Å². The number of rotatable bonds is 3. The number of aromatic nitrogens is 2. The topological polar surface area (TPSA) is 63.8 Å². The lowest BCUT2D eigenvalue weighted by Crippen LogP contribution is -2.11. The molecule has 0 saturated heterocycles. The van der Waals surface area contributed by atoms with Gasteiger partial charge in [0.05, 0.1) is 0 Å². The normalized spacial score (nSPS) is 10.3. The van der Waals surface area contributed by atoms with Gasteiger partial charge in [-0.2, -0.15) is 0 Å². The minimum atomic E-state index is 0.433. The molecule has 0 spiro atoms. The molecule has 2 rings (SSSR count). The smallest absolute Gasteiger partial charge is 0.238 e. The van der Waals surface area contributed by atoms with Crippen molar-refractivity contribution < 1.29 is 0 Å². The first-order chi connectivity index (χ1) is 8.17. The van der Waals surface area contributed by atoms with E-state index >= 15 is 0 Å². The maximum atomic E-state index is 5.31. The van der Waals surface area contributed by atoms with E-state index in [4.69, 9.17) is 5.84 Å². The number of hydrogen-bond acceptors (Lipinski definition) is 5. The SMILES string of the molecule is Cc1cc(Sc2cccc(Br)c2)nc(NN)n1. The van der Waals surface area contributed by atoms with Crippen LogP contribution in [0.4, 0.5) is 5.95 Å². The summed E-state index contributed by atoms with van der Waals surface area (Å²) in [4.78, 5) is 9.53. The van der Waals surface area contributed by atoms with Gasteiger partial charge in [0.2, 0.25) is 5.95 Å². The average molecular weight is 311 g/mol. The number of nitrogens with one attached hydrogen (secondary N) is 1.